The molecule has 2 aromatic carbocycles. The molecule has 2 aliphatic heterocycles. The van der Waals surface area contributed by atoms with Crippen LogP contribution in [0.1, 0.15) is 11.1 Å². The van der Waals surface area contributed by atoms with Crippen LogP contribution in [0.4, 0.5) is 11.4 Å². The van der Waals surface area contributed by atoms with E-state index in [9.17, 15) is 10.1 Å². The summed E-state index contributed by atoms with van der Waals surface area (Å²) in [6.45, 7) is 0.200. The van der Waals surface area contributed by atoms with Crippen molar-refractivity contribution in [1.82, 2.24) is 4.65 Å². The van der Waals surface area contributed by atoms with E-state index in [1.165, 1.54) is 0 Å². The summed E-state index contributed by atoms with van der Waals surface area (Å²) in [5.41, 5.74) is 2.58. The molecule has 0 aliphatic carbocycles. The van der Waals surface area contributed by atoms with E-state index in [1.54, 1.807) is 36.4 Å². The van der Waals surface area contributed by atoms with Gasteiger partial charge >= 0.3 is 11.5 Å². The molecule has 21 heavy (non-hydrogen) atoms. The van der Waals surface area contributed by atoms with Crippen LogP contribution in [0.2, 0.25) is 5.02 Å². The van der Waals surface area contributed by atoms with E-state index in [4.69, 9.17) is 11.6 Å². The molecule has 104 valence electrons. The first-order valence-electron chi connectivity index (χ1n) is 6.36. The topological polar surface area (TPSA) is 43.1 Å². The van der Waals surface area contributed by atoms with Crippen molar-refractivity contribution in [2.45, 2.75) is 6.54 Å². The number of nitroso groups, excluding NO2 is 1. The van der Waals surface area contributed by atoms with Gasteiger partial charge in [0.1, 0.15) is 11.3 Å². The fourth-order valence-corrected chi connectivity index (χ4v) is 3.44. The second-order valence-corrected chi connectivity index (χ2v) is 6.52. The third kappa shape index (κ3) is 1.75. The van der Waals surface area contributed by atoms with Crippen LogP contribution in [0.5, 0.6) is 0 Å². The van der Waals surface area contributed by atoms with Gasteiger partial charge in [-0.3, -0.25) is 0 Å². The highest BCUT2D eigenvalue weighted by Gasteiger charge is 2.54. The maximum Gasteiger partial charge on any atom is 0.429 e. The van der Waals surface area contributed by atoms with Crippen LogP contribution < -0.4 is 4.65 Å². The van der Waals surface area contributed by atoms with Crippen LogP contribution in [0, 0.1) is 10.1 Å². The van der Waals surface area contributed by atoms with Gasteiger partial charge in [0.2, 0.25) is 5.69 Å². The lowest BCUT2D eigenvalue weighted by molar-refractivity contribution is -0.410. The molecule has 0 radical (unpaired) electrons. The van der Waals surface area contributed by atoms with Crippen LogP contribution in [-0.2, 0) is 6.54 Å². The summed E-state index contributed by atoms with van der Waals surface area (Å²) in [6, 6.07) is 10.6. The Morgan fingerprint density at radius 3 is 2.86 bits per heavy atom. The normalized spacial score (nSPS) is 22.4. The highest BCUT2D eigenvalue weighted by atomic mass is 79.9. The number of fused-ring (bicyclic) bond motifs is 4. The molecular weight excluding hydrogens is 356 g/mol. The van der Waals surface area contributed by atoms with E-state index in [1.807, 2.05) is 6.07 Å². The largest absolute Gasteiger partial charge is 0.617 e. The molecule has 0 fully saturated rings. The van der Waals surface area contributed by atoms with Crippen molar-refractivity contribution in [3.05, 3.63) is 73.0 Å². The van der Waals surface area contributed by atoms with Crippen LogP contribution in [0.25, 0.3) is 6.08 Å². The summed E-state index contributed by atoms with van der Waals surface area (Å²) >= 11 is 9.33. The van der Waals surface area contributed by atoms with E-state index in [0.29, 0.717) is 16.4 Å². The van der Waals surface area contributed by atoms with Crippen molar-refractivity contribution < 1.29 is 4.76 Å². The smallest absolute Gasteiger partial charge is 0.429 e. The Hall–Kier alpha value is -1.53. The quantitative estimate of drug-likeness (QED) is 0.381. The van der Waals surface area contributed by atoms with Crippen molar-refractivity contribution in [3.8, 4) is 0 Å². The van der Waals surface area contributed by atoms with E-state index in [2.05, 4.69) is 15.9 Å². The Bertz CT molecular complexity index is 850. The molecule has 1 atom stereocenters. The molecular formula is C15H9BrClN2O2+. The molecule has 2 heterocycles. The van der Waals surface area contributed by atoms with Gasteiger partial charge in [0.25, 0.3) is 0 Å². The highest BCUT2D eigenvalue weighted by molar-refractivity contribution is 9.10. The molecule has 4 rings (SSSR count). The summed E-state index contributed by atoms with van der Waals surface area (Å²) in [4.78, 5) is 12.5. The third-order valence-corrected chi connectivity index (χ3v) is 4.64. The van der Waals surface area contributed by atoms with Crippen LogP contribution in [0.3, 0.4) is 0 Å². The van der Waals surface area contributed by atoms with Gasteiger partial charge in [-0.1, -0.05) is 33.6 Å². The monoisotopic (exact) mass is 363 g/mol. The number of quaternary nitrogens is 1. The average Bonchev–Trinajstić information content (AvgIpc) is 2.65. The van der Waals surface area contributed by atoms with Crippen molar-refractivity contribution in [2.24, 2.45) is 0 Å². The number of halogens is 2. The summed E-state index contributed by atoms with van der Waals surface area (Å²) in [6.07, 6.45) is 1.64. The summed E-state index contributed by atoms with van der Waals surface area (Å²) < 4.78 is 0.743. The maximum atomic E-state index is 13.3. The lowest BCUT2D eigenvalue weighted by Crippen LogP contribution is -2.41. The molecule has 6 heteroatoms. The predicted octanol–water partition coefficient (Wildman–Crippen LogP) is 4.84. The van der Waals surface area contributed by atoms with Crippen LogP contribution >= 0.6 is 27.5 Å². The predicted molar refractivity (Wildman–Crippen MR) is 85.7 cm³/mol. The third-order valence-electron chi connectivity index (χ3n) is 3.91. The molecule has 0 spiro atoms. The maximum absolute atomic E-state index is 13.3. The molecule has 2 aliphatic rings. The highest BCUT2D eigenvalue weighted by Crippen LogP contribution is 2.50. The minimum absolute atomic E-state index is 0.179. The molecule has 0 saturated carbocycles. The minimum atomic E-state index is -0.749. The zero-order valence-corrected chi connectivity index (χ0v) is 13.1. The van der Waals surface area contributed by atoms with E-state index in [0.717, 1.165) is 20.4 Å². The van der Waals surface area contributed by atoms with Crippen LogP contribution in [0.15, 0.2) is 46.7 Å². The van der Waals surface area contributed by atoms with Gasteiger partial charge in [-0.25, -0.2) is 4.65 Å². The van der Waals surface area contributed by atoms with Gasteiger partial charge in [0.15, 0.2) is 0 Å². The Kier molecular flexibility index (Phi) is 2.65. The Labute approximate surface area is 134 Å². The Morgan fingerprint density at radius 2 is 2.05 bits per heavy atom. The van der Waals surface area contributed by atoms with Crippen molar-refractivity contribution in [2.75, 3.05) is 0 Å². The molecule has 0 aromatic heterocycles. The average molecular weight is 365 g/mol. The van der Waals surface area contributed by atoms with Crippen LogP contribution in [-0.4, -0.2) is 4.76 Å². The Balaban J connectivity index is 1.98. The second-order valence-electron chi connectivity index (χ2n) is 5.17. The molecule has 1 unspecified atom stereocenters. The molecule has 0 amide bonds. The van der Waals surface area contributed by atoms with E-state index >= 15 is 0 Å². The number of hydroxylamine groups is 2. The fourth-order valence-electron chi connectivity index (χ4n) is 2.91. The molecule has 2 aromatic rings. The first kappa shape index (κ1) is 13.2. The van der Waals surface area contributed by atoms with E-state index < -0.39 is 4.65 Å². The number of rotatable bonds is 0. The minimum Gasteiger partial charge on any atom is -0.617 e. The van der Waals surface area contributed by atoms with Crippen molar-refractivity contribution in [1.29, 1.82) is 0 Å². The molecule has 4 nitrogen and oxygen atoms in total. The Morgan fingerprint density at radius 1 is 1.24 bits per heavy atom. The first-order valence-corrected chi connectivity index (χ1v) is 7.53. The summed E-state index contributed by atoms with van der Waals surface area (Å²) in [7, 11) is 0. The van der Waals surface area contributed by atoms with E-state index in [-0.39, 0.29) is 12.4 Å². The number of hydrogen-bond donors (Lipinski definition) is 0. The fraction of sp³-hybridized carbons (Fsp3) is 0.0667. The zero-order valence-electron chi connectivity index (χ0n) is 10.7. The lowest BCUT2D eigenvalue weighted by Gasteiger charge is -2.35. The van der Waals surface area contributed by atoms with Crippen molar-refractivity contribution >= 4 is 45.0 Å². The van der Waals surface area contributed by atoms with Gasteiger partial charge in [-0.2, -0.15) is 0 Å². The summed E-state index contributed by atoms with van der Waals surface area (Å²) in [5.74, 6) is 0.179. The zero-order chi connectivity index (χ0) is 14.8. The SMILES string of the molecule is O=[N+]1C2=Cc3cc(Cl)ccc3C[N+]2([O-])c2ccc(Br)cc21. The number of nitrogens with zero attached hydrogens (tertiary/aromatic N) is 2. The number of hydrogen-bond acceptors (Lipinski definition) is 2. The van der Waals surface area contributed by atoms with Gasteiger partial charge in [0.05, 0.1) is 6.08 Å². The summed E-state index contributed by atoms with van der Waals surface area (Å²) in [5, 5.41) is 13.8. The van der Waals surface area contributed by atoms with Crippen molar-refractivity contribution in [3.63, 3.8) is 0 Å². The first-order chi connectivity index (χ1) is 9.99. The van der Waals surface area contributed by atoms with Gasteiger partial charge < -0.3 is 5.21 Å². The molecule has 0 bridgehead atoms. The second kappa shape index (κ2) is 4.24. The van der Waals surface area contributed by atoms with Gasteiger partial charge in [0, 0.05) is 32.1 Å². The van der Waals surface area contributed by atoms with Gasteiger partial charge in [-0.05, 0) is 23.8 Å². The lowest BCUT2D eigenvalue weighted by atomic mass is 10.0. The molecule has 0 saturated heterocycles. The molecule has 0 N–H and O–H groups in total. The standard InChI is InChI=1S/C15H9BrClN2O2/c16-11-2-4-14-13(7-11)18(20)15-6-10-5-12(17)3-1-9(10)8-19(14,15)21/h1-7H,8H2/q+1. The van der Waals surface area contributed by atoms with Gasteiger partial charge in [-0.15, -0.1) is 0 Å². The number of benzene rings is 2.